The molecular formula is C22H29ClN4O7S2. The molecular weight excluding hydrogens is 532 g/mol. The van der Waals surface area contributed by atoms with Gasteiger partial charge >= 0.3 is 6.09 Å². The first-order valence-electron chi connectivity index (χ1n) is 11.5. The number of sulfone groups is 1. The molecule has 0 aliphatic carbocycles. The molecule has 3 rings (SSSR count). The Morgan fingerprint density at radius 2 is 1.75 bits per heavy atom. The molecule has 1 aromatic heterocycles. The highest BCUT2D eigenvalue weighted by Crippen LogP contribution is 2.22. The van der Waals surface area contributed by atoms with Gasteiger partial charge in [0.15, 0.2) is 14.6 Å². The number of aromatic nitrogens is 1. The molecule has 1 aliphatic heterocycles. The number of benzene rings is 1. The van der Waals surface area contributed by atoms with Gasteiger partial charge in [0.2, 0.25) is 5.91 Å². The molecule has 198 valence electrons. The third-order valence-corrected chi connectivity index (χ3v) is 8.02. The summed E-state index contributed by atoms with van der Waals surface area (Å²) < 4.78 is 38.1. The number of hydrogen-bond acceptors (Lipinski definition) is 8. The number of piperazine rings is 1. The maximum absolute atomic E-state index is 12.6. The van der Waals surface area contributed by atoms with Crippen LogP contribution >= 0.6 is 22.9 Å². The summed E-state index contributed by atoms with van der Waals surface area (Å²) in [5.74, 6) is -3.17. The van der Waals surface area contributed by atoms with Gasteiger partial charge < -0.3 is 23.8 Å². The number of nitrogens with zero attached hydrogens (tertiary/aromatic N) is 4. The van der Waals surface area contributed by atoms with E-state index in [9.17, 15) is 22.8 Å². The molecule has 14 heteroatoms. The zero-order valence-electron chi connectivity index (χ0n) is 20.1. The highest BCUT2D eigenvalue weighted by molar-refractivity contribution is 7.92. The maximum atomic E-state index is 12.6. The molecule has 0 spiro atoms. The van der Waals surface area contributed by atoms with Crippen molar-refractivity contribution in [3.8, 4) is 0 Å². The number of halogens is 1. The molecule has 1 aromatic carbocycles. The van der Waals surface area contributed by atoms with Gasteiger partial charge in [-0.25, -0.2) is 13.2 Å². The van der Waals surface area contributed by atoms with E-state index in [0.717, 1.165) is 10.2 Å². The normalized spacial score (nSPS) is 14.9. The van der Waals surface area contributed by atoms with E-state index >= 15 is 0 Å². The van der Waals surface area contributed by atoms with Gasteiger partial charge in [0.1, 0.15) is 11.5 Å². The molecule has 0 saturated carbocycles. The van der Waals surface area contributed by atoms with Crippen molar-refractivity contribution in [1.82, 2.24) is 14.4 Å². The third-order valence-electron chi connectivity index (χ3n) is 5.37. The van der Waals surface area contributed by atoms with Crippen LogP contribution in [0.15, 0.2) is 23.2 Å². The molecule has 2 heterocycles. The molecule has 0 atom stereocenters. The van der Waals surface area contributed by atoms with E-state index in [0.29, 0.717) is 29.6 Å². The van der Waals surface area contributed by atoms with Gasteiger partial charge in [0, 0.05) is 44.4 Å². The SMILES string of the molecule is CCOCCn1c(=NC(=O)CS(=O)(=O)CC(=O)N2CCN(C(=O)OCC)CC2)sc2cc(Cl)ccc21. The van der Waals surface area contributed by atoms with Crippen LogP contribution in [0.3, 0.4) is 0 Å². The van der Waals surface area contributed by atoms with Gasteiger partial charge in [0.05, 0.1) is 23.4 Å². The van der Waals surface area contributed by atoms with Gasteiger partial charge in [-0.1, -0.05) is 22.9 Å². The average molecular weight is 561 g/mol. The minimum atomic E-state index is -4.05. The second-order valence-corrected chi connectivity index (χ2v) is 11.5. The van der Waals surface area contributed by atoms with Gasteiger partial charge in [-0.15, -0.1) is 0 Å². The van der Waals surface area contributed by atoms with E-state index < -0.39 is 39.3 Å². The molecule has 36 heavy (non-hydrogen) atoms. The number of carbonyl (C=O) groups is 3. The second kappa shape index (κ2) is 12.7. The number of amides is 3. The van der Waals surface area contributed by atoms with Crippen molar-refractivity contribution in [1.29, 1.82) is 0 Å². The number of fused-ring (bicyclic) bond motifs is 1. The maximum Gasteiger partial charge on any atom is 0.409 e. The topological polar surface area (TPSA) is 128 Å². The zero-order valence-corrected chi connectivity index (χ0v) is 22.5. The van der Waals surface area contributed by atoms with Crippen LogP contribution in [-0.2, 0) is 35.4 Å². The lowest BCUT2D eigenvalue weighted by molar-refractivity contribution is -0.130. The lowest BCUT2D eigenvalue weighted by Crippen LogP contribution is -2.52. The first-order chi connectivity index (χ1) is 17.1. The van der Waals surface area contributed by atoms with E-state index in [1.54, 1.807) is 29.7 Å². The predicted molar refractivity (Wildman–Crippen MR) is 136 cm³/mol. The fourth-order valence-corrected chi connectivity index (χ4v) is 6.11. The smallest absolute Gasteiger partial charge is 0.409 e. The monoisotopic (exact) mass is 560 g/mol. The summed E-state index contributed by atoms with van der Waals surface area (Å²) in [6.45, 7) is 6.04. The fourth-order valence-electron chi connectivity index (χ4n) is 3.66. The lowest BCUT2D eigenvalue weighted by Gasteiger charge is -2.34. The Labute approximate surface area is 218 Å². The molecule has 1 aliphatic rings. The molecule has 1 fully saturated rings. The minimum Gasteiger partial charge on any atom is -0.450 e. The van der Waals surface area contributed by atoms with E-state index in [1.165, 1.54) is 21.1 Å². The van der Waals surface area contributed by atoms with Crippen molar-refractivity contribution >= 4 is 60.9 Å². The lowest BCUT2D eigenvalue weighted by atomic mass is 10.3. The van der Waals surface area contributed by atoms with Crippen molar-refractivity contribution < 1.29 is 32.3 Å². The van der Waals surface area contributed by atoms with Crippen molar-refractivity contribution in [2.45, 2.75) is 20.4 Å². The summed E-state index contributed by atoms with van der Waals surface area (Å²) in [6.07, 6.45) is -0.466. The summed E-state index contributed by atoms with van der Waals surface area (Å²) in [7, 11) is -4.05. The number of hydrogen-bond donors (Lipinski definition) is 0. The standard InChI is InChI=1S/C22H29ClN4O7S2/c1-3-33-12-11-27-17-6-5-16(23)13-18(17)35-21(27)24-19(28)14-36(31,32)15-20(29)25-7-9-26(10-8-25)22(30)34-4-2/h5-6,13H,3-4,7-12,14-15H2,1-2H3. The van der Waals surface area contributed by atoms with Gasteiger partial charge in [-0.3, -0.25) is 9.59 Å². The summed E-state index contributed by atoms with van der Waals surface area (Å²) in [5.41, 5.74) is 0.802. The van der Waals surface area contributed by atoms with Crippen LogP contribution in [0.2, 0.25) is 5.02 Å². The number of thiazole rings is 1. The predicted octanol–water partition coefficient (Wildman–Crippen LogP) is 1.54. The molecule has 0 N–H and O–H groups in total. The van der Waals surface area contributed by atoms with Crippen LogP contribution in [-0.4, -0.2) is 98.2 Å². The van der Waals surface area contributed by atoms with Crippen LogP contribution in [0.1, 0.15) is 13.8 Å². The van der Waals surface area contributed by atoms with Crippen molar-refractivity contribution in [2.75, 3.05) is 57.5 Å². The summed E-state index contributed by atoms with van der Waals surface area (Å²) in [6, 6.07) is 5.28. The van der Waals surface area contributed by atoms with E-state index in [4.69, 9.17) is 21.1 Å². The van der Waals surface area contributed by atoms with Gasteiger partial charge in [-0.2, -0.15) is 4.99 Å². The van der Waals surface area contributed by atoms with Crippen LogP contribution < -0.4 is 4.80 Å². The van der Waals surface area contributed by atoms with Crippen LogP contribution in [0.25, 0.3) is 10.2 Å². The average Bonchev–Trinajstić information content (AvgIpc) is 3.14. The highest BCUT2D eigenvalue weighted by Gasteiger charge is 2.28. The van der Waals surface area contributed by atoms with Crippen molar-refractivity contribution in [3.63, 3.8) is 0 Å². The zero-order chi connectivity index (χ0) is 26.3. The fraction of sp³-hybridized carbons (Fsp3) is 0.545. The van der Waals surface area contributed by atoms with Crippen LogP contribution in [0, 0.1) is 0 Å². The number of ether oxygens (including phenoxy) is 2. The molecule has 1 saturated heterocycles. The summed E-state index contributed by atoms with van der Waals surface area (Å²) in [5, 5.41) is 0.530. The van der Waals surface area contributed by atoms with Crippen LogP contribution in [0.5, 0.6) is 0 Å². The van der Waals surface area contributed by atoms with Crippen molar-refractivity contribution in [2.24, 2.45) is 4.99 Å². The molecule has 3 amide bonds. The van der Waals surface area contributed by atoms with Crippen LogP contribution in [0.4, 0.5) is 4.79 Å². The third kappa shape index (κ3) is 7.51. The quantitative estimate of drug-likeness (QED) is 0.425. The number of rotatable bonds is 9. The Balaban J connectivity index is 1.67. The van der Waals surface area contributed by atoms with E-state index in [-0.39, 0.29) is 32.8 Å². The molecule has 11 nitrogen and oxygen atoms in total. The largest absolute Gasteiger partial charge is 0.450 e. The first-order valence-corrected chi connectivity index (χ1v) is 14.5. The van der Waals surface area contributed by atoms with E-state index in [2.05, 4.69) is 4.99 Å². The molecule has 0 unspecified atom stereocenters. The Hall–Kier alpha value is -2.48. The molecule has 0 radical (unpaired) electrons. The highest BCUT2D eigenvalue weighted by atomic mass is 35.5. The Morgan fingerprint density at radius 3 is 2.42 bits per heavy atom. The van der Waals surface area contributed by atoms with E-state index in [1.807, 2.05) is 6.92 Å². The number of carbonyl (C=O) groups excluding carboxylic acids is 3. The first kappa shape index (κ1) is 28.1. The molecule has 0 bridgehead atoms. The Bertz CT molecular complexity index is 1280. The Morgan fingerprint density at radius 1 is 1.06 bits per heavy atom. The summed E-state index contributed by atoms with van der Waals surface area (Å²) >= 11 is 7.30. The second-order valence-electron chi connectivity index (χ2n) is 7.95. The van der Waals surface area contributed by atoms with Crippen molar-refractivity contribution in [3.05, 3.63) is 28.0 Å². The summed E-state index contributed by atoms with van der Waals surface area (Å²) in [4.78, 5) is 44.1. The molecule has 2 aromatic rings. The Kier molecular flexibility index (Phi) is 9.88. The van der Waals surface area contributed by atoms with Gasteiger partial charge in [-0.05, 0) is 32.0 Å². The van der Waals surface area contributed by atoms with Gasteiger partial charge in [0.25, 0.3) is 5.91 Å². The minimum absolute atomic E-state index is 0.190.